The Balaban J connectivity index is 1.72. The number of aryl methyl sites for hydroxylation is 3. The predicted molar refractivity (Wildman–Crippen MR) is 119 cm³/mol. The minimum Gasteiger partial charge on any atom is -0.394 e. The fourth-order valence-corrected chi connectivity index (χ4v) is 3.31. The Morgan fingerprint density at radius 3 is 2.00 bits per heavy atom. The van der Waals surface area contributed by atoms with Crippen molar-refractivity contribution in [2.45, 2.75) is 39.8 Å². The molecular weight excluding hydrogens is 344 g/mol. The van der Waals surface area contributed by atoms with Crippen LogP contribution in [0.3, 0.4) is 0 Å². The Kier molecular flexibility index (Phi) is 6.72. The van der Waals surface area contributed by atoms with Crippen molar-refractivity contribution < 1.29 is 5.11 Å². The van der Waals surface area contributed by atoms with Crippen molar-refractivity contribution in [3.05, 3.63) is 94.5 Å². The summed E-state index contributed by atoms with van der Waals surface area (Å²) in [5, 5.41) is 17.0. The van der Waals surface area contributed by atoms with Crippen LogP contribution in [0, 0.1) is 20.8 Å². The first-order valence-electron chi connectivity index (χ1n) is 9.87. The molecule has 0 aliphatic carbocycles. The highest BCUT2D eigenvalue weighted by molar-refractivity contribution is 5.72. The van der Waals surface area contributed by atoms with E-state index in [9.17, 15) is 5.11 Å². The second-order valence-corrected chi connectivity index (χ2v) is 7.55. The number of aliphatic hydroxyl groups excluding tert-OH is 1. The number of rotatable bonds is 8. The molecule has 0 aromatic heterocycles. The van der Waals surface area contributed by atoms with Gasteiger partial charge in [0.05, 0.1) is 24.0 Å². The average molecular weight is 375 g/mol. The van der Waals surface area contributed by atoms with Gasteiger partial charge in [0, 0.05) is 6.54 Å². The van der Waals surface area contributed by atoms with Gasteiger partial charge in [0.2, 0.25) is 0 Å². The lowest BCUT2D eigenvalue weighted by Crippen LogP contribution is -2.27. The molecule has 0 fully saturated rings. The molecule has 146 valence electrons. The van der Waals surface area contributed by atoms with Gasteiger partial charge in [-0.1, -0.05) is 71.8 Å². The predicted octanol–water partition coefficient (Wildman–Crippen LogP) is 5.24. The van der Waals surface area contributed by atoms with Gasteiger partial charge < -0.3 is 15.7 Å². The van der Waals surface area contributed by atoms with E-state index in [1.807, 2.05) is 0 Å². The monoisotopic (exact) mass is 374 g/mol. The van der Waals surface area contributed by atoms with Crippen molar-refractivity contribution >= 4 is 11.4 Å². The number of para-hydroxylation sites is 1. The van der Waals surface area contributed by atoms with Crippen LogP contribution in [0.25, 0.3) is 0 Å². The molecular formula is C25H30N2O. The molecule has 0 aliphatic heterocycles. The van der Waals surface area contributed by atoms with Crippen LogP contribution in [0.5, 0.6) is 0 Å². The molecule has 3 heteroatoms. The van der Waals surface area contributed by atoms with Crippen LogP contribution in [-0.2, 0) is 13.0 Å². The highest BCUT2D eigenvalue weighted by Crippen LogP contribution is 2.27. The molecule has 1 unspecified atom stereocenters. The van der Waals surface area contributed by atoms with Gasteiger partial charge in [-0.05, 0) is 49.9 Å². The zero-order valence-electron chi connectivity index (χ0n) is 17.0. The van der Waals surface area contributed by atoms with Crippen molar-refractivity contribution in [2.75, 3.05) is 17.2 Å². The molecule has 0 heterocycles. The van der Waals surface area contributed by atoms with Crippen LogP contribution in [0.4, 0.5) is 11.4 Å². The third kappa shape index (κ3) is 5.37. The summed E-state index contributed by atoms with van der Waals surface area (Å²) < 4.78 is 0. The summed E-state index contributed by atoms with van der Waals surface area (Å²) in [5.41, 5.74) is 8.28. The van der Waals surface area contributed by atoms with E-state index in [-0.39, 0.29) is 12.6 Å². The summed E-state index contributed by atoms with van der Waals surface area (Å²) in [5.74, 6) is 0. The molecule has 1 atom stereocenters. The summed E-state index contributed by atoms with van der Waals surface area (Å²) in [6.45, 7) is 7.14. The van der Waals surface area contributed by atoms with Crippen molar-refractivity contribution in [2.24, 2.45) is 0 Å². The van der Waals surface area contributed by atoms with E-state index in [0.717, 1.165) is 24.3 Å². The lowest BCUT2D eigenvalue weighted by atomic mass is 10.0. The largest absolute Gasteiger partial charge is 0.394 e. The lowest BCUT2D eigenvalue weighted by molar-refractivity contribution is 0.274. The normalized spacial score (nSPS) is 11.9. The van der Waals surface area contributed by atoms with Crippen molar-refractivity contribution in [3.8, 4) is 0 Å². The number of nitrogens with one attached hydrogen (secondary N) is 2. The molecule has 28 heavy (non-hydrogen) atoms. The Morgan fingerprint density at radius 1 is 0.786 bits per heavy atom. The number of hydrogen-bond donors (Lipinski definition) is 3. The van der Waals surface area contributed by atoms with Gasteiger partial charge in [0.25, 0.3) is 0 Å². The molecule has 0 amide bonds. The van der Waals surface area contributed by atoms with Gasteiger partial charge in [-0.3, -0.25) is 0 Å². The van der Waals surface area contributed by atoms with Crippen LogP contribution < -0.4 is 10.6 Å². The quantitative estimate of drug-likeness (QED) is 0.505. The highest BCUT2D eigenvalue weighted by atomic mass is 16.3. The standard InChI is InChI=1S/C25H30N2O/c1-18-7-11-21(12-8-18)15-23(17-28)27-24-6-4-5-20(3)25(24)26-16-22-13-9-19(2)10-14-22/h4-14,23,26-28H,15-17H2,1-3H3. The van der Waals surface area contributed by atoms with Gasteiger partial charge in [0.1, 0.15) is 0 Å². The van der Waals surface area contributed by atoms with E-state index in [0.29, 0.717) is 0 Å². The fraction of sp³-hybridized carbons (Fsp3) is 0.280. The molecule has 3 rings (SSSR count). The topological polar surface area (TPSA) is 44.3 Å². The number of aliphatic hydroxyl groups is 1. The van der Waals surface area contributed by atoms with Gasteiger partial charge in [0.15, 0.2) is 0 Å². The van der Waals surface area contributed by atoms with Crippen LogP contribution in [0.15, 0.2) is 66.7 Å². The fourth-order valence-electron chi connectivity index (χ4n) is 3.31. The van der Waals surface area contributed by atoms with E-state index in [2.05, 4.69) is 98.1 Å². The van der Waals surface area contributed by atoms with Crippen molar-refractivity contribution in [1.82, 2.24) is 0 Å². The van der Waals surface area contributed by atoms with Crippen LogP contribution in [0.1, 0.15) is 27.8 Å². The number of benzene rings is 3. The first-order valence-corrected chi connectivity index (χ1v) is 9.87. The van der Waals surface area contributed by atoms with E-state index >= 15 is 0 Å². The van der Waals surface area contributed by atoms with Crippen LogP contribution in [0.2, 0.25) is 0 Å². The highest BCUT2D eigenvalue weighted by Gasteiger charge is 2.12. The third-order valence-corrected chi connectivity index (χ3v) is 5.05. The summed E-state index contributed by atoms with van der Waals surface area (Å²) in [6, 6.07) is 23.3. The smallest absolute Gasteiger partial charge is 0.0636 e. The van der Waals surface area contributed by atoms with E-state index in [1.165, 1.54) is 27.8 Å². The zero-order valence-corrected chi connectivity index (χ0v) is 17.0. The minimum absolute atomic E-state index is 0.0376. The first-order chi connectivity index (χ1) is 13.5. The molecule has 0 saturated carbocycles. The van der Waals surface area contributed by atoms with E-state index in [1.54, 1.807) is 0 Å². The summed E-state index contributed by atoms with van der Waals surface area (Å²) in [7, 11) is 0. The first kappa shape index (κ1) is 20.0. The van der Waals surface area contributed by atoms with Gasteiger partial charge in [-0.15, -0.1) is 0 Å². The molecule has 3 aromatic rings. The van der Waals surface area contributed by atoms with Gasteiger partial charge >= 0.3 is 0 Å². The van der Waals surface area contributed by atoms with Crippen molar-refractivity contribution in [3.63, 3.8) is 0 Å². The second-order valence-electron chi connectivity index (χ2n) is 7.55. The van der Waals surface area contributed by atoms with Crippen LogP contribution >= 0.6 is 0 Å². The molecule has 0 aliphatic rings. The minimum atomic E-state index is -0.0376. The molecule has 0 spiro atoms. The molecule has 0 bridgehead atoms. The second kappa shape index (κ2) is 9.43. The maximum atomic E-state index is 9.91. The molecule has 3 nitrogen and oxygen atoms in total. The molecule has 3 aromatic carbocycles. The number of hydrogen-bond acceptors (Lipinski definition) is 3. The summed E-state index contributed by atoms with van der Waals surface area (Å²) in [6.07, 6.45) is 0.780. The Hall–Kier alpha value is -2.78. The Labute approximate surface area is 168 Å². The maximum Gasteiger partial charge on any atom is 0.0636 e. The third-order valence-electron chi connectivity index (χ3n) is 5.05. The zero-order chi connectivity index (χ0) is 19.9. The Morgan fingerprint density at radius 2 is 1.39 bits per heavy atom. The van der Waals surface area contributed by atoms with Gasteiger partial charge in [-0.25, -0.2) is 0 Å². The maximum absolute atomic E-state index is 9.91. The molecule has 0 radical (unpaired) electrons. The van der Waals surface area contributed by atoms with E-state index in [4.69, 9.17) is 0 Å². The van der Waals surface area contributed by atoms with E-state index < -0.39 is 0 Å². The number of anilines is 2. The van der Waals surface area contributed by atoms with Crippen LogP contribution in [-0.4, -0.2) is 17.8 Å². The average Bonchev–Trinajstić information content (AvgIpc) is 2.70. The van der Waals surface area contributed by atoms with Crippen molar-refractivity contribution in [1.29, 1.82) is 0 Å². The van der Waals surface area contributed by atoms with Gasteiger partial charge in [-0.2, -0.15) is 0 Å². The SMILES string of the molecule is Cc1ccc(CNc2c(C)cccc2NC(CO)Cc2ccc(C)cc2)cc1. The molecule has 0 saturated heterocycles. The summed E-state index contributed by atoms with van der Waals surface area (Å²) in [4.78, 5) is 0. The lowest BCUT2D eigenvalue weighted by Gasteiger charge is -2.22. The Bertz CT molecular complexity index is 885. The molecule has 3 N–H and O–H groups in total. The summed E-state index contributed by atoms with van der Waals surface area (Å²) >= 11 is 0.